The second-order valence-electron chi connectivity index (χ2n) is 3.44. The van der Waals surface area contributed by atoms with Crippen molar-refractivity contribution in [3.05, 3.63) is 42.2 Å². The average Bonchev–Trinajstić information content (AvgIpc) is 2.75. The molecule has 0 aliphatic carbocycles. The third-order valence-electron chi connectivity index (χ3n) is 2.20. The van der Waals surface area contributed by atoms with Crippen molar-refractivity contribution in [2.45, 2.75) is 13.5 Å². The van der Waals surface area contributed by atoms with Gasteiger partial charge in [-0.15, -0.1) is 0 Å². The fraction of sp³-hybridized carbons (Fsp3) is 0.250. The van der Waals surface area contributed by atoms with Crippen LogP contribution in [-0.2, 0) is 6.54 Å². The smallest absolute Gasteiger partial charge is 0.142 e. The van der Waals surface area contributed by atoms with Gasteiger partial charge in [-0.1, -0.05) is 6.92 Å². The first-order valence-corrected chi connectivity index (χ1v) is 5.20. The maximum absolute atomic E-state index is 12.9. The first-order valence-electron chi connectivity index (χ1n) is 5.20. The minimum atomic E-state index is -0.359. The summed E-state index contributed by atoms with van der Waals surface area (Å²) in [7, 11) is 0. The summed E-state index contributed by atoms with van der Waals surface area (Å²) in [5.74, 6) is 1.11. The van der Waals surface area contributed by atoms with Crippen LogP contribution in [0.25, 0.3) is 11.3 Å². The first kappa shape index (κ1) is 10.8. The Morgan fingerprint density at radius 2 is 2.25 bits per heavy atom. The molecule has 0 saturated carbocycles. The predicted octanol–water partition coefficient (Wildman–Crippen LogP) is 2.59. The number of halogens is 1. The Morgan fingerprint density at radius 3 is 3.00 bits per heavy atom. The number of hydrogen-bond donors (Lipinski definition) is 1. The van der Waals surface area contributed by atoms with Crippen LogP contribution in [0.1, 0.15) is 12.7 Å². The van der Waals surface area contributed by atoms with E-state index in [1.807, 2.05) is 19.1 Å². The SMILES string of the molecule is CCNCc1ccc(-c2cncc(F)c2)o1. The van der Waals surface area contributed by atoms with E-state index in [1.165, 1.54) is 12.3 Å². The van der Waals surface area contributed by atoms with Crippen LogP contribution in [0.2, 0.25) is 0 Å². The maximum Gasteiger partial charge on any atom is 0.142 e. The van der Waals surface area contributed by atoms with Gasteiger partial charge in [-0.3, -0.25) is 4.98 Å². The summed E-state index contributed by atoms with van der Waals surface area (Å²) in [5, 5.41) is 3.16. The zero-order valence-electron chi connectivity index (χ0n) is 9.03. The quantitative estimate of drug-likeness (QED) is 0.860. The highest BCUT2D eigenvalue weighted by Crippen LogP contribution is 2.21. The lowest BCUT2D eigenvalue weighted by Crippen LogP contribution is -2.10. The fourth-order valence-electron chi connectivity index (χ4n) is 1.42. The summed E-state index contributed by atoms with van der Waals surface area (Å²) in [6.45, 7) is 3.59. The van der Waals surface area contributed by atoms with Crippen molar-refractivity contribution < 1.29 is 8.81 Å². The maximum atomic E-state index is 12.9. The largest absolute Gasteiger partial charge is 0.460 e. The molecule has 2 aromatic rings. The van der Waals surface area contributed by atoms with E-state index in [0.717, 1.165) is 12.3 Å². The van der Waals surface area contributed by atoms with E-state index in [9.17, 15) is 4.39 Å². The van der Waals surface area contributed by atoms with E-state index in [1.54, 1.807) is 6.20 Å². The number of rotatable bonds is 4. The molecule has 0 atom stereocenters. The minimum Gasteiger partial charge on any atom is -0.460 e. The van der Waals surface area contributed by atoms with Crippen molar-refractivity contribution in [2.24, 2.45) is 0 Å². The van der Waals surface area contributed by atoms with Crippen LogP contribution in [0.3, 0.4) is 0 Å². The lowest BCUT2D eigenvalue weighted by atomic mass is 10.2. The number of pyridine rings is 1. The lowest BCUT2D eigenvalue weighted by molar-refractivity contribution is 0.498. The van der Waals surface area contributed by atoms with Crippen molar-refractivity contribution in [1.29, 1.82) is 0 Å². The standard InChI is InChI=1S/C12H13FN2O/c1-2-14-8-11-3-4-12(16-11)9-5-10(13)7-15-6-9/h3-7,14H,2,8H2,1H3. The molecule has 0 amide bonds. The summed E-state index contributed by atoms with van der Waals surface area (Å²) >= 11 is 0. The average molecular weight is 220 g/mol. The molecule has 0 aromatic carbocycles. The number of hydrogen-bond acceptors (Lipinski definition) is 3. The molecule has 0 unspecified atom stereocenters. The normalized spacial score (nSPS) is 10.6. The Bertz CT molecular complexity index is 468. The Balaban J connectivity index is 2.18. The molecule has 0 fully saturated rings. The van der Waals surface area contributed by atoms with Crippen LogP contribution in [0, 0.1) is 5.82 Å². The Morgan fingerprint density at radius 1 is 1.38 bits per heavy atom. The minimum absolute atomic E-state index is 0.359. The lowest BCUT2D eigenvalue weighted by Gasteiger charge is -1.98. The molecule has 0 aliphatic rings. The third kappa shape index (κ3) is 2.46. The Kier molecular flexibility index (Phi) is 3.31. The van der Waals surface area contributed by atoms with Crippen molar-refractivity contribution in [2.75, 3.05) is 6.54 Å². The van der Waals surface area contributed by atoms with Crippen molar-refractivity contribution in [1.82, 2.24) is 10.3 Å². The van der Waals surface area contributed by atoms with Crippen LogP contribution in [0.15, 0.2) is 35.0 Å². The molecule has 0 spiro atoms. The van der Waals surface area contributed by atoms with Gasteiger partial charge in [0.1, 0.15) is 17.3 Å². The molecule has 0 bridgehead atoms. The third-order valence-corrected chi connectivity index (χ3v) is 2.20. The molecule has 1 N–H and O–H groups in total. The van der Waals surface area contributed by atoms with Crippen molar-refractivity contribution in [3.63, 3.8) is 0 Å². The van der Waals surface area contributed by atoms with E-state index < -0.39 is 0 Å². The van der Waals surface area contributed by atoms with Gasteiger partial charge in [0.2, 0.25) is 0 Å². The van der Waals surface area contributed by atoms with Crippen molar-refractivity contribution in [3.8, 4) is 11.3 Å². The van der Waals surface area contributed by atoms with Gasteiger partial charge < -0.3 is 9.73 Å². The van der Waals surface area contributed by atoms with Crippen LogP contribution >= 0.6 is 0 Å². The summed E-state index contributed by atoms with van der Waals surface area (Å²) in [6.07, 6.45) is 2.75. The van der Waals surface area contributed by atoms with Crippen LogP contribution in [0.5, 0.6) is 0 Å². The number of nitrogens with one attached hydrogen (secondary N) is 1. The molecule has 84 valence electrons. The Labute approximate surface area is 93.3 Å². The van der Waals surface area contributed by atoms with E-state index in [0.29, 0.717) is 17.9 Å². The van der Waals surface area contributed by atoms with Crippen LogP contribution in [-0.4, -0.2) is 11.5 Å². The zero-order chi connectivity index (χ0) is 11.4. The van der Waals surface area contributed by atoms with Crippen molar-refractivity contribution >= 4 is 0 Å². The molecule has 3 nitrogen and oxygen atoms in total. The fourth-order valence-corrected chi connectivity index (χ4v) is 1.42. The predicted molar refractivity (Wildman–Crippen MR) is 59.3 cm³/mol. The number of nitrogens with zero attached hydrogens (tertiary/aromatic N) is 1. The monoisotopic (exact) mass is 220 g/mol. The second kappa shape index (κ2) is 4.90. The molecule has 4 heteroatoms. The van der Waals surface area contributed by atoms with E-state index >= 15 is 0 Å². The summed E-state index contributed by atoms with van der Waals surface area (Å²) in [4.78, 5) is 3.78. The van der Waals surface area contributed by atoms with Gasteiger partial charge in [-0.25, -0.2) is 4.39 Å². The molecular formula is C12H13FN2O. The molecule has 2 rings (SSSR count). The molecule has 2 aromatic heterocycles. The zero-order valence-corrected chi connectivity index (χ0v) is 9.03. The highest BCUT2D eigenvalue weighted by Gasteiger charge is 2.05. The summed E-state index contributed by atoms with van der Waals surface area (Å²) in [5.41, 5.74) is 0.655. The highest BCUT2D eigenvalue weighted by molar-refractivity contribution is 5.55. The number of aromatic nitrogens is 1. The van der Waals surface area contributed by atoms with Gasteiger partial charge in [0.25, 0.3) is 0 Å². The second-order valence-corrected chi connectivity index (χ2v) is 3.44. The van der Waals surface area contributed by atoms with E-state index in [2.05, 4.69) is 10.3 Å². The number of furan rings is 1. The van der Waals surface area contributed by atoms with E-state index in [-0.39, 0.29) is 5.82 Å². The highest BCUT2D eigenvalue weighted by atomic mass is 19.1. The van der Waals surface area contributed by atoms with Gasteiger partial charge in [-0.2, -0.15) is 0 Å². The first-order chi connectivity index (χ1) is 7.79. The van der Waals surface area contributed by atoms with Gasteiger partial charge >= 0.3 is 0 Å². The molecule has 0 radical (unpaired) electrons. The van der Waals surface area contributed by atoms with Gasteiger partial charge in [-0.05, 0) is 24.7 Å². The topological polar surface area (TPSA) is 38.1 Å². The van der Waals surface area contributed by atoms with Gasteiger partial charge in [0, 0.05) is 11.8 Å². The molecular weight excluding hydrogens is 207 g/mol. The van der Waals surface area contributed by atoms with Gasteiger partial charge in [0.15, 0.2) is 0 Å². The molecule has 0 saturated heterocycles. The molecule has 2 heterocycles. The van der Waals surface area contributed by atoms with Crippen LogP contribution < -0.4 is 5.32 Å². The summed E-state index contributed by atoms with van der Waals surface area (Å²) < 4.78 is 18.5. The Hall–Kier alpha value is -1.68. The molecule has 0 aliphatic heterocycles. The van der Waals surface area contributed by atoms with Gasteiger partial charge in [0.05, 0.1) is 12.7 Å². The summed E-state index contributed by atoms with van der Waals surface area (Å²) in [6, 6.07) is 5.11. The molecule has 16 heavy (non-hydrogen) atoms. The van der Waals surface area contributed by atoms with Crippen LogP contribution in [0.4, 0.5) is 4.39 Å². The van der Waals surface area contributed by atoms with E-state index in [4.69, 9.17) is 4.42 Å².